The van der Waals surface area contributed by atoms with E-state index in [1.807, 2.05) is 0 Å². The van der Waals surface area contributed by atoms with Crippen LogP contribution in [0.25, 0.3) is 6.08 Å². The SMILES string of the molecule is O=C(/C=C/c1ccco1)OCc1ccc([N+](=O)[O-])cc1. The third kappa shape index (κ3) is 3.81. The number of benzene rings is 1. The highest BCUT2D eigenvalue weighted by Crippen LogP contribution is 2.12. The topological polar surface area (TPSA) is 82.6 Å². The van der Waals surface area contributed by atoms with Crippen molar-refractivity contribution in [3.05, 3.63) is 70.2 Å². The second kappa shape index (κ2) is 6.33. The summed E-state index contributed by atoms with van der Waals surface area (Å²) in [5.74, 6) is 0.0389. The van der Waals surface area contributed by atoms with Gasteiger partial charge in [0.15, 0.2) is 0 Å². The molecule has 1 aromatic carbocycles. The molecule has 0 saturated heterocycles. The highest BCUT2D eigenvalue weighted by molar-refractivity contribution is 5.86. The van der Waals surface area contributed by atoms with E-state index in [0.29, 0.717) is 11.3 Å². The van der Waals surface area contributed by atoms with E-state index in [1.165, 1.54) is 30.5 Å². The van der Waals surface area contributed by atoms with Gasteiger partial charge in [-0.3, -0.25) is 10.1 Å². The Morgan fingerprint density at radius 3 is 2.65 bits per heavy atom. The Morgan fingerprint density at radius 1 is 1.30 bits per heavy atom. The summed E-state index contributed by atoms with van der Waals surface area (Å²) in [7, 11) is 0. The fourth-order valence-corrected chi connectivity index (χ4v) is 1.45. The van der Waals surface area contributed by atoms with Gasteiger partial charge in [0.1, 0.15) is 12.4 Å². The van der Waals surface area contributed by atoms with E-state index in [2.05, 4.69) is 0 Å². The van der Waals surface area contributed by atoms with Crippen LogP contribution in [0.4, 0.5) is 5.69 Å². The van der Waals surface area contributed by atoms with Crippen LogP contribution in [-0.4, -0.2) is 10.9 Å². The normalized spacial score (nSPS) is 10.6. The number of furan rings is 1. The maximum Gasteiger partial charge on any atom is 0.331 e. The van der Waals surface area contributed by atoms with E-state index in [-0.39, 0.29) is 12.3 Å². The summed E-state index contributed by atoms with van der Waals surface area (Å²) < 4.78 is 10.0. The molecule has 0 saturated carbocycles. The minimum Gasteiger partial charge on any atom is -0.465 e. The predicted octanol–water partition coefficient (Wildman–Crippen LogP) is 2.94. The van der Waals surface area contributed by atoms with Crippen LogP contribution in [0.3, 0.4) is 0 Å². The number of rotatable bonds is 5. The van der Waals surface area contributed by atoms with Crippen molar-refractivity contribution < 1.29 is 18.9 Å². The zero-order valence-electron chi connectivity index (χ0n) is 10.4. The van der Waals surface area contributed by atoms with Gasteiger partial charge < -0.3 is 9.15 Å². The molecule has 0 atom stereocenters. The lowest BCUT2D eigenvalue weighted by Crippen LogP contribution is -2.00. The minimum absolute atomic E-state index is 0.00204. The molecule has 1 aromatic heterocycles. The smallest absolute Gasteiger partial charge is 0.331 e. The Bertz CT molecular complexity index is 614. The first kappa shape index (κ1) is 13.5. The molecule has 102 valence electrons. The van der Waals surface area contributed by atoms with Gasteiger partial charge in [0.05, 0.1) is 11.2 Å². The van der Waals surface area contributed by atoms with Crippen LogP contribution >= 0.6 is 0 Å². The molecule has 0 spiro atoms. The molecule has 0 aliphatic carbocycles. The van der Waals surface area contributed by atoms with Gasteiger partial charge in [-0.2, -0.15) is 0 Å². The number of nitro benzene ring substituents is 1. The number of carbonyl (C=O) groups is 1. The zero-order valence-corrected chi connectivity index (χ0v) is 10.4. The van der Waals surface area contributed by atoms with Gasteiger partial charge in [-0.05, 0) is 35.9 Å². The first-order valence-corrected chi connectivity index (χ1v) is 5.77. The summed E-state index contributed by atoms with van der Waals surface area (Å²) in [5, 5.41) is 10.5. The van der Waals surface area contributed by atoms with Crippen molar-refractivity contribution in [3.8, 4) is 0 Å². The Labute approximate surface area is 114 Å². The molecule has 0 aliphatic rings. The average Bonchev–Trinajstić information content (AvgIpc) is 2.96. The molecule has 0 bridgehead atoms. The predicted molar refractivity (Wildman–Crippen MR) is 70.6 cm³/mol. The van der Waals surface area contributed by atoms with Gasteiger partial charge >= 0.3 is 5.97 Å². The number of hydrogen-bond donors (Lipinski definition) is 0. The third-order valence-corrected chi connectivity index (χ3v) is 2.46. The number of nitrogens with zero attached hydrogens (tertiary/aromatic N) is 1. The van der Waals surface area contributed by atoms with Crippen molar-refractivity contribution in [2.24, 2.45) is 0 Å². The van der Waals surface area contributed by atoms with Gasteiger partial charge in [0.2, 0.25) is 0 Å². The van der Waals surface area contributed by atoms with Gasteiger partial charge in [0.25, 0.3) is 5.69 Å². The lowest BCUT2D eigenvalue weighted by atomic mass is 10.2. The van der Waals surface area contributed by atoms with Crippen molar-refractivity contribution in [2.75, 3.05) is 0 Å². The number of non-ortho nitro benzene ring substituents is 1. The molecule has 2 aromatic rings. The van der Waals surface area contributed by atoms with E-state index >= 15 is 0 Å². The lowest BCUT2D eigenvalue weighted by molar-refractivity contribution is -0.384. The molecule has 1 heterocycles. The van der Waals surface area contributed by atoms with E-state index in [1.54, 1.807) is 24.3 Å². The highest BCUT2D eigenvalue weighted by atomic mass is 16.6. The summed E-state index contributed by atoms with van der Waals surface area (Å²) in [6.07, 6.45) is 4.25. The molecule has 2 rings (SSSR count). The zero-order chi connectivity index (χ0) is 14.4. The number of hydrogen-bond acceptors (Lipinski definition) is 5. The van der Waals surface area contributed by atoms with Gasteiger partial charge in [-0.1, -0.05) is 0 Å². The number of nitro groups is 1. The highest BCUT2D eigenvalue weighted by Gasteiger charge is 2.05. The average molecular weight is 273 g/mol. The summed E-state index contributed by atoms with van der Waals surface area (Å²) in [6.45, 7) is 0.0549. The van der Waals surface area contributed by atoms with Crippen molar-refractivity contribution in [1.82, 2.24) is 0 Å². The van der Waals surface area contributed by atoms with E-state index in [0.717, 1.165) is 0 Å². The minimum atomic E-state index is -0.514. The van der Waals surface area contributed by atoms with E-state index in [4.69, 9.17) is 9.15 Å². The quantitative estimate of drug-likeness (QED) is 0.362. The van der Waals surface area contributed by atoms with Crippen LogP contribution in [0, 0.1) is 10.1 Å². The van der Waals surface area contributed by atoms with Crippen molar-refractivity contribution in [3.63, 3.8) is 0 Å². The third-order valence-electron chi connectivity index (χ3n) is 2.46. The van der Waals surface area contributed by atoms with Crippen molar-refractivity contribution in [1.29, 1.82) is 0 Å². The molecule has 0 fully saturated rings. The van der Waals surface area contributed by atoms with Crippen molar-refractivity contribution in [2.45, 2.75) is 6.61 Å². The summed E-state index contributed by atoms with van der Waals surface area (Å²) in [6, 6.07) is 9.23. The standard InChI is InChI=1S/C14H11NO5/c16-14(8-7-13-2-1-9-19-13)20-10-11-3-5-12(6-4-11)15(17)18/h1-9H,10H2/b8-7+. The molecule has 6 nitrogen and oxygen atoms in total. The molecular formula is C14H11NO5. The monoisotopic (exact) mass is 273 g/mol. The van der Waals surface area contributed by atoms with Crippen LogP contribution in [-0.2, 0) is 16.1 Å². The molecule has 0 unspecified atom stereocenters. The van der Waals surface area contributed by atoms with Gasteiger partial charge in [-0.15, -0.1) is 0 Å². The summed E-state index contributed by atoms with van der Waals surface area (Å²) in [4.78, 5) is 21.4. The maximum absolute atomic E-state index is 11.4. The lowest BCUT2D eigenvalue weighted by Gasteiger charge is -2.01. The fraction of sp³-hybridized carbons (Fsp3) is 0.0714. The molecule has 0 aliphatic heterocycles. The Hall–Kier alpha value is -2.89. The van der Waals surface area contributed by atoms with Crippen LogP contribution in [0.15, 0.2) is 53.2 Å². The summed E-state index contributed by atoms with van der Waals surface area (Å²) in [5.41, 5.74) is 0.674. The second-order valence-corrected chi connectivity index (χ2v) is 3.88. The van der Waals surface area contributed by atoms with Crippen LogP contribution in [0.2, 0.25) is 0 Å². The summed E-state index contributed by atoms with van der Waals surface area (Å²) >= 11 is 0. The maximum atomic E-state index is 11.4. The van der Waals surface area contributed by atoms with Gasteiger partial charge in [0, 0.05) is 18.2 Å². The molecule has 0 amide bonds. The molecule has 0 N–H and O–H groups in total. The Balaban J connectivity index is 1.85. The largest absolute Gasteiger partial charge is 0.465 e. The fourth-order valence-electron chi connectivity index (χ4n) is 1.45. The van der Waals surface area contributed by atoms with E-state index < -0.39 is 10.9 Å². The van der Waals surface area contributed by atoms with Crippen LogP contribution in [0.1, 0.15) is 11.3 Å². The van der Waals surface area contributed by atoms with E-state index in [9.17, 15) is 14.9 Å². The Morgan fingerprint density at radius 2 is 2.05 bits per heavy atom. The first-order valence-electron chi connectivity index (χ1n) is 5.77. The van der Waals surface area contributed by atoms with Gasteiger partial charge in [-0.25, -0.2) is 4.79 Å². The molecule has 0 radical (unpaired) electrons. The van der Waals surface area contributed by atoms with Crippen LogP contribution < -0.4 is 0 Å². The number of ether oxygens (including phenoxy) is 1. The number of esters is 1. The number of carbonyl (C=O) groups excluding carboxylic acids is 1. The Kier molecular flexibility index (Phi) is 4.28. The first-order chi connectivity index (χ1) is 9.65. The van der Waals surface area contributed by atoms with Crippen molar-refractivity contribution >= 4 is 17.7 Å². The second-order valence-electron chi connectivity index (χ2n) is 3.88. The van der Waals surface area contributed by atoms with Crippen LogP contribution in [0.5, 0.6) is 0 Å². The molecular weight excluding hydrogens is 262 g/mol. The molecule has 6 heteroatoms. The molecule has 20 heavy (non-hydrogen) atoms.